The lowest BCUT2D eigenvalue weighted by Crippen LogP contribution is -2.09. The third kappa shape index (κ3) is 2.90. The van der Waals surface area contributed by atoms with Crippen molar-refractivity contribution in [2.45, 2.75) is 13.0 Å². The van der Waals surface area contributed by atoms with Gasteiger partial charge in [-0.15, -0.1) is 22.7 Å². The molecule has 1 N–H and O–H groups in total. The smallest absolute Gasteiger partial charge is 0.0953 e. The summed E-state index contributed by atoms with van der Waals surface area (Å²) in [7, 11) is 0. The lowest BCUT2D eigenvalue weighted by Gasteiger charge is -2.18. The molecule has 2 aromatic heterocycles. The molecule has 0 atom stereocenters. The zero-order valence-electron chi connectivity index (χ0n) is 11.0. The molecule has 102 valence electrons. The summed E-state index contributed by atoms with van der Waals surface area (Å²) in [5.41, 5.74) is 2.15. The molecule has 0 saturated carbocycles. The van der Waals surface area contributed by atoms with Crippen LogP contribution >= 0.6 is 34.3 Å². The van der Waals surface area contributed by atoms with Crippen LogP contribution < -0.4 is 5.32 Å². The molecule has 3 aromatic rings. The molecular formula is C16H14ClNS2. The zero-order chi connectivity index (χ0) is 13.9. The number of hydrogen-bond donors (Lipinski definition) is 1. The van der Waals surface area contributed by atoms with Crippen LogP contribution in [0.5, 0.6) is 0 Å². The van der Waals surface area contributed by atoms with Crippen LogP contribution in [0.4, 0.5) is 5.69 Å². The Kier molecular flexibility index (Phi) is 4.10. The van der Waals surface area contributed by atoms with Crippen molar-refractivity contribution in [1.29, 1.82) is 0 Å². The van der Waals surface area contributed by atoms with Gasteiger partial charge in [0.2, 0.25) is 0 Å². The minimum absolute atomic E-state index is 0.162. The number of aryl methyl sites for hydroxylation is 1. The van der Waals surface area contributed by atoms with Crippen LogP contribution in [0.15, 0.2) is 53.2 Å². The highest BCUT2D eigenvalue weighted by atomic mass is 35.5. The minimum Gasteiger partial charge on any atom is -0.372 e. The third-order valence-corrected chi connectivity index (χ3v) is 5.27. The number of anilines is 1. The first-order valence-corrected chi connectivity index (χ1v) is 8.47. The average Bonchev–Trinajstić information content (AvgIpc) is 3.11. The molecule has 0 radical (unpaired) electrons. The van der Waals surface area contributed by atoms with Crippen LogP contribution in [-0.4, -0.2) is 0 Å². The predicted molar refractivity (Wildman–Crippen MR) is 90.3 cm³/mol. The fraction of sp³-hybridized carbons (Fsp3) is 0.125. The summed E-state index contributed by atoms with van der Waals surface area (Å²) in [4.78, 5) is 2.59. The molecule has 0 aliphatic carbocycles. The Hall–Kier alpha value is -1.29. The van der Waals surface area contributed by atoms with Crippen molar-refractivity contribution in [3.63, 3.8) is 0 Å². The van der Waals surface area contributed by atoms with Crippen LogP contribution in [-0.2, 0) is 0 Å². The van der Waals surface area contributed by atoms with Gasteiger partial charge in [-0.3, -0.25) is 0 Å². The molecular weight excluding hydrogens is 306 g/mol. The van der Waals surface area contributed by atoms with Crippen molar-refractivity contribution >= 4 is 40.0 Å². The number of nitrogens with one attached hydrogen (secondary N) is 1. The molecule has 2 heterocycles. The van der Waals surface area contributed by atoms with Crippen molar-refractivity contribution in [2.75, 3.05) is 5.32 Å². The Morgan fingerprint density at radius 3 is 2.15 bits per heavy atom. The number of thiophene rings is 2. The molecule has 0 spiro atoms. The largest absolute Gasteiger partial charge is 0.372 e. The first-order valence-electron chi connectivity index (χ1n) is 6.33. The molecule has 0 aliphatic heterocycles. The maximum Gasteiger partial charge on any atom is 0.0953 e. The number of benzene rings is 1. The lowest BCUT2D eigenvalue weighted by atomic mass is 10.1. The molecule has 0 amide bonds. The van der Waals surface area contributed by atoms with Crippen molar-refractivity contribution in [1.82, 2.24) is 0 Å². The molecule has 1 nitrogen and oxygen atoms in total. The van der Waals surface area contributed by atoms with Gasteiger partial charge in [-0.2, -0.15) is 0 Å². The predicted octanol–water partition coefficient (Wildman–Crippen LogP) is 5.97. The van der Waals surface area contributed by atoms with Gasteiger partial charge in [-0.05, 0) is 47.5 Å². The van der Waals surface area contributed by atoms with Crippen molar-refractivity contribution < 1.29 is 0 Å². The van der Waals surface area contributed by atoms with Crippen LogP contribution in [0.1, 0.15) is 21.4 Å². The average molecular weight is 320 g/mol. The van der Waals surface area contributed by atoms with E-state index in [1.54, 1.807) is 22.7 Å². The second-order valence-electron chi connectivity index (χ2n) is 4.59. The Morgan fingerprint density at radius 2 is 1.65 bits per heavy atom. The van der Waals surface area contributed by atoms with Crippen LogP contribution in [0.25, 0.3) is 0 Å². The molecule has 3 rings (SSSR count). The van der Waals surface area contributed by atoms with Crippen molar-refractivity contribution in [3.05, 3.63) is 73.6 Å². The van der Waals surface area contributed by atoms with Crippen LogP contribution in [0.2, 0.25) is 5.02 Å². The number of rotatable bonds is 4. The Balaban J connectivity index is 1.95. The highest BCUT2D eigenvalue weighted by molar-refractivity contribution is 7.11. The Bertz CT molecular complexity index is 640. The molecule has 20 heavy (non-hydrogen) atoms. The fourth-order valence-electron chi connectivity index (χ4n) is 2.09. The van der Waals surface area contributed by atoms with E-state index in [9.17, 15) is 0 Å². The second-order valence-corrected chi connectivity index (χ2v) is 6.96. The molecule has 0 unspecified atom stereocenters. The van der Waals surface area contributed by atoms with Crippen molar-refractivity contribution in [2.24, 2.45) is 0 Å². The summed E-state index contributed by atoms with van der Waals surface area (Å²) in [6, 6.07) is 14.8. The van der Waals surface area contributed by atoms with Crippen LogP contribution in [0.3, 0.4) is 0 Å². The molecule has 0 aliphatic rings. The zero-order valence-corrected chi connectivity index (χ0v) is 13.4. The molecule has 4 heteroatoms. The summed E-state index contributed by atoms with van der Waals surface area (Å²) in [6.07, 6.45) is 0. The van der Waals surface area contributed by atoms with Gasteiger partial charge >= 0.3 is 0 Å². The topological polar surface area (TPSA) is 12.0 Å². The summed E-state index contributed by atoms with van der Waals surface area (Å²) in [5, 5.41) is 8.55. The third-order valence-electron chi connectivity index (χ3n) is 3.08. The standard InChI is InChI=1S/C16H14ClNS2/c1-11-6-7-13(12(17)10-11)18-16(14-4-2-8-19-14)15-5-3-9-20-15/h2-10,16,18H,1H3. The normalized spacial score (nSPS) is 10.9. The monoisotopic (exact) mass is 319 g/mol. The summed E-state index contributed by atoms with van der Waals surface area (Å²) < 4.78 is 0. The number of hydrogen-bond acceptors (Lipinski definition) is 3. The fourth-order valence-corrected chi connectivity index (χ4v) is 4.04. The van der Waals surface area contributed by atoms with E-state index in [0.717, 1.165) is 10.7 Å². The maximum atomic E-state index is 6.34. The highest BCUT2D eigenvalue weighted by Crippen LogP contribution is 2.34. The SMILES string of the molecule is Cc1ccc(NC(c2cccs2)c2cccs2)c(Cl)c1. The lowest BCUT2D eigenvalue weighted by molar-refractivity contribution is 0.993. The number of halogens is 1. The Labute approximate surface area is 131 Å². The van der Waals surface area contributed by atoms with Crippen molar-refractivity contribution in [3.8, 4) is 0 Å². The first kappa shape index (κ1) is 13.7. The molecule has 0 bridgehead atoms. The van der Waals surface area contributed by atoms with E-state index in [4.69, 9.17) is 11.6 Å². The van der Waals surface area contributed by atoms with E-state index >= 15 is 0 Å². The van der Waals surface area contributed by atoms with E-state index in [0.29, 0.717) is 0 Å². The Morgan fingerprint density at radius 1 is 1.00 bits per heavy atom. The van der Waals surface area contributed by atoms with Gasteiger partial charge in [-0.1, -0.05) is 29.8 Å². The van der Waals surface area contributed by atoms with E-state index in [1.807, 2.05) is 19.1 Å². The molecule has 0 fully saturated rings. The molecule has 0 saturated heterocycles. The van der Waals surface area contributed by atoms with Gasteiger partial charge in [0.25, 0.3) is 0 Å². The first-order chi connectivity index (χ1) is 9.74. The van der Waals surface area contributed by atoms with Crippen LogP contribution in [0, 0.1) is 6.92 Å². The minimum atomic E-state index is 0.162. The van der Waals surface area contributed by atoms with Gasteiger partial charge in [0.1, 0.15) is 0 Å². The van der Waals surface area contributed by atoms with Gasteiger partial charge < -0.3 is 5.32 Å². The highest BCUT2D eigenvalue weighted by Gasteiger charge is 2.17. The summed E-state index contributed by atoms with van der Waals surface area (Å²) in [6.45, 7) is 2.05. The van der Waals surface area contributed by atoms with E-state index in [-0.39, 0.29) is 6.04 Å². The maximum absolute atomic E-state index is 6.34. The van der Waals surface area contributed by atoms with Gasteiger partial charge in [0.15, 0.2) is 0 Å². The second kappa shape index (κ2) is 6.00. The summed E-state index contributed by atoms with van der Waals surface area (Å²) >= 11 is 9.86. The summed E-state index contributed by atoms with van der Waals surface area (Å²) in [5.74, 6) is 0. The van der Waals surface area contributed by atoms with Gasteiger partial charge in [-0.25, -0.2) is 0 Å². The van der Waals surface area contributed by atoms with Gasteiger partial charge in [0, 0.05) is 9.75 Å². The molecule has 1 aromatic carbocycles. The van der Waals surface area contributed by atoms with E-state index < -0.39 is 0 Å². The van der Waals surface area contributed by atoms with Gasteiger partial charge in [0.05, 0.1) is 16.8 Å². The quantitative estimate of drug-likeness (QED) is 0.624. The van der Waals surface area contributed by atoms with E-state index in [1.165, 1.54) is 15.3 Å². The van der Waals surface area contributed by atoms with E-state index in [2.05, 4.69) is 46.4 Å².